The Kier molecular flexibility index (Phi) is 12.1. The van der Waals surface area contributed by atoms with Crippen molar-refractivity contribution in [2.45, 2.75) is 38.3 Å². The Labute approximate surface area is 249 Å². The molecule has 42 heavy (non-hydrogen) atoms. The highest BCUT2D eigenvalue weighted by molar-refractivity contribution is 7.97. The van der Waals surface area contributed by atoms with Gasteiger partial charge in [-0.2, -0.15) is 0 Å². The van der Waals surface area contributed by atoms with Crippen LogP contribution in [-0.2, 0) is 11.3 Å². The van der Waals surface area contributed by atoms with Crippen LogP contribution in [0.2, 0.25) is 0 Å². The van der Waals surface area contributed by atoms with Gasteiger partial charge in [0.05, 0.1) is 36.2 Å². The highest BCUT2D eigenvalue weighted by Crippen LogP contribution is 2.29. The first-order valence-corrected chi connectivity index (χ1v) is 14.4. The Hall–Kier alpha value is -4.65. The van der Waals surface area contributed by atoms with Gasteiger partial charge in [-0.25, -0.2) is 14.4 Å². The maximum atomic E-state index is 12.6. The number of nitrogen functional groups attached to an aromatic ring is 1. The number of nitrogens with two attached hydrogens (primary N) is 2. The average Bonchev–Trinajstić information content (AvgIpc) is 3.01. The zero-order chi connectivity index (χ0) is 30.5. The summed E-state index contributed by atoms with van der Waals surface area (Å²) in [4.78, 5) is 32.2. The van der Waals surface area contributed by atoms with Gasteiger partial charge in [0, 0.05) is 24.4 Å². The molecule has 1 heterocycles. The van der Waals surface area contributed by atoms with Crippen LogP contribution in [0.1, 0.15) is 52.7 Å². The van der Waals surface area contributed by atoms with Gasteiger partial charge in [-0.1, -0.05) is 36.4 Å². The first-order valence-electron chi connectivity index (χ1n) is 13.2. The Morgan fingerprint density at radius 2 is 1.83 bits per heavy atom. The van der Waals surface area contributed by atoms with E-state index < -0.39 is 5.97 Å². The van der Waals surface area contributed by atoms with Crippen LogP contribution < -0.4 is 26.8 Å². The standard InChI is InChI=1S/C27H30N6O4.C2H6N2S/c1-37-21-5-3-2-4-20(21)26(34)30-14-16-6-8-17(9-7-16)23(28)22-24(29)31-15-32-25(22)33-19-12-10-18(11-13-19)27(35)36;1-5-4-2-3/h2-9,15,18-19,28H,10-14H2,1H3,(H,30,34)(H,35,36)(H3,29,31,32,33);2H,1H3,(H2,3,4). The second-order valence-electron chi connectivity index (χ2n) is 9.41. The van der Waals surface area contributed by atoms with Gasteiger partial charge in [-0.3, -0.25) is 15.0 Å². The SMILES string of the molecule is COc1ccccc1C(=O)NCc1ccc(C(=N)c2c(N)ncnc2NC2CCC(C(=O)O)CC2)cc1.CS/N=C/N. The van der Waals surface area contributed by atoms with E-state index in [1.54, 1.807) is 36.4 Å². The molecule has 0 bridgehead atoms. The van der Waals surface area contributed by atoms with Gasteiger partial charge in [0.2, 0.25) is 0 Å². The van der Waals surface area contributed by atoms with E-state index in [2.05, 4.69) is 25.0 Å². The number of hydrogen-bond acceptors (Lipinski definition) is 10. The van der Waals surface area contributed by atoms with Crippen molar-refractivity contribution in [2.75, 3.05) is 24.4 Å². The zero-order valence-electron chi connectivity index (χ0n) is 23.5. The normalized spacial score (nSPS) is 16.1. The highest BCUT2D eigenvalue weighted by Gasteiger charge is 2.27. The first-order chi connectivity index (χ1) is 20.3. The molecule has 3 aromatic rings. The van der Waals surface area contributed by atoms with Crippen molar-refractivity contribution < 1.29 is 19.4 Å². The number of rotatable bonds is 10. The van der Waals surface area contributed by atoms with Gasteiger partial charge in [-0.15, -0.1) is 0 Å². The lowest BCUT2D eigenvalue weighted by molar-refractivity contribution is -0.142. The molecular weight excluding hydrogens is 556 g/mol. The van der Waals surface area contributed by atoms with Crippen LogP contribution in [0.5, 0.6) is 5.75 Å². The summed E-state index contributed by atoms with van der Waals surface area (Å²) in [5.41, 5.74) is 13.5. The van der Waals surface area contributed by atoms with Crippen LogP contribution in [0, 0.1) is 11.3 Å². The number of carbonyl (C=O) groups is 2. The lowest BCUT2D eigenvalue weighted by atomic mass is 9.86. The molecule has 1 amide bonds. The van der Waals surface area contributed by atoms with Gasteiger partial charge >= 0.3 is 5.97 Å². The molecule has 12 nitrogen and oxygen atoms in total. The molecule has 0 radical (unpaired) electrons. The smallest absolute Gasteiger partial charge is 0.306 e. The fraction of sp³-hybridized carbons (Fsp3) is 0.310. The average molecular weight is 593 g/mol. The summed E-state index contributed by atoms with van der Waals surface area (Å²) in [6.45, 7) is 0.312. The van der Waals surface area contributed by atoms with Gasteiger partial charge < -0.3 is 31.9 Å². The number of nitrogens with zero attached hydrogens (tertiary/aromatic N) is 3. The summed E-state index contributed by atoms with van der Waals surface area (Å²) < 4.78 is 8.79. The third kappa shape index (κ3) is 8.67. The van der Waals surface area contributed by atoms with E-state index in [9.17, 15) is 14.7 Å². The monoisotopic (exact) mass is 592 g/mol. The summed E-state index contributed by atoms with van der Waals surface area (Å²) in [7, 11) is 1.52. The number of para-hydroxylation sites is 1. The number of carboxylic acids is 1. The second kappa shape index (κ2) is 16.0. The fourth-order valence-electron chi connectivity index (χ4n) is 4.54. The van der Waals surface area contributed by atoms with Crippen LogP contribution in [0.15, 0.2) is 59.3 Å². The molecule has 13 heteroatoms. The number of amides is 1. The molecule has 1 aromatic heterocycles. The number of carbonyl (C=O) groups excluding carboxylic acids is 1. The second-order valence-corrected chi connectivity index (χ2v) is 9.98. The number of aliphatic carboxylic acids is 1. The maximum absolute atomic E-state index is 12.6. The summed E-state index contributed by atoms with van der Waals surface area (Å²) in [5.74, 6) is -0.152. The van der Waals surface area contributed by atoms with E-state index in [4.69, 9.17) is 21.6 Å². The lowest BCUT2D eigenvalue weighted by Crippen LogP contribution is -2.30. The van der Waals surface area contributed by atoms with Crippen LogP contribution in [0.3, 0.4) is 0 Å². The van der Waals surface area contributed by atoms with E-state index in [0.29, 0.717) is 60.5 Å². The number of anilines is 2. The minimum absolute atomic E-state index is 0.0469. The molecule has 2 aromatic carbocycles. The van der Waals surface area contributed by atoms with Gasteiger partial charge in [0.15, 0.2) is 0 Å². The summed E-state index contributed by atoms with van der Waals surface area (Å²) >= 11 is 1.35. The molecule has 0 atom stereocenters. The molecule has 1 aliphatic rings. The molecule has 8 N–H and O–H groups in total. The van der Waals surface area contributed by atoms with E-state index in [-0.39, 0.29) is 29.4 Å². The molecule has 0 aliphatic heterocycles. The number of hydrogen-bond donors (Lipinski definition) is 6. The van der Waals surface area contributed by atoms with Crippen molar-refractivity contribution in [2.24, 2.45) is 16.0 Å². The summed E-state index contributed by atoms with van der Waals surface area (Å²) in [6.07, 6.45) is 7.05. The molecule has 0 saturated heterocycles. The molecule has 1 aliphatic carbocycles. The Morgan fingerprint density at radius 3 is 2.43 bits per heavy atom. The van der Waals surface area contributed by atoms with Crippen molar-refractivity contribution in [1.29, 1.82) is 5.41 Å². The minimum Gasteiger partial charge on any atom is -0.496 e. The predicted octanol–water partition coefficient (Wildman–Crippen LogP) is 3.72. The predicted molar refractivity (Wildman–Crippen MR) is 166 cm³/mol. The zero-order valence-corrected chi connectivity index (χ0v) is 24.4. The lowest BCUT2D eigenvalue weighted by Gasteiger charge is -2.28. The Bertz CT molecular complexity index is 1390. The molecule has 1 saturated carbocycles. The number of benzene rings is 2. The number of nitrogens with one attached hydrogen (secondary N) is 3. The van der Waals surface area contributed by atoms with Crippen molar-refractivity contribution in [1.82, 2.24) is 15.3 Å². The number of methoxy groups -OCH3 is 1. The van der Waals surface area contributed by atoms with Crippen LogP contribution in [0.25, 0.3) is 0 Å². The molecule has 1 fully saturated rings. The van der Waals surface area contributed by atoms with Crippen molar-refractivity contribution in [3.63, 3.8) is 0 Å². The molecule has 0 unspecified atom stereocenters. The van der Waals surface area contributed by atoms with Crippen LogP contribution >= 0.6 is 11.9 Å². The van der Waals surface area contributed by atoms with E-state index in [1.807, 2.05) is 18.4 Å². The molecular formula is C29H36N8O4S. The van der Waals surface area contributed by atoms with Gasteiger partial charge in [0.1, 0.15) is 23.7 Å². The number of carboxylic acid groups (broad SMARTS) is 1. The Morgan fingerprint density at radius 1 is 1.14 bits per heavy atom. The first kappa shape index (κ1) is 31.9. The van der Waals surface area contributed by atoms with Crippen LogP contribution in [-0.4, -0.2) is 58.4 Å². The van der Waals surface area contributed by atoms with Crippen LogP contribution in [0.4, 0.5) is 11.6 Å². The fourth-order valence-corrected chi connectivity index (χ4v) is 4.66. The molecule has 4 rings (SSSR count). The summed E-state index contributed by atoms with van der Waals surface area (Å²) in [5, 5.41) is 24.3. The molecule has 222 valence electrons. The molecule has 0 spiro atoms. The van der Waals surface area contributed by atoms with Gasteiger partial charge in [-0.05, 0) is 55.3 Å². The quantitative estimate of drug-likeness (QED) is 0.114. The van der Waals surface area contributed by atoms with E-state index >= 15 is 0 Å². The van der Waals surface area contributed by atoms with E-state index in [0.717, 1.165) is 5.56 Å². The van der Waals surface area contributed by atoms with Crippen molar-refractivity contribution in [3.05, 3.63) is 77.1 Å². The number of ether oxygens (including phenoxy) is 1. The third-order valence-corrected chi connectivity index (χ3v) is 7.09. The highest BCUT2D eigenvalue weighted by atomic mass is 32.2. The number of aromatic nitrogens is 2. The minimum atomic E-state index is -0.755. The topological polar surface area (TPSA) is 202 Å². The third-order valence-electron chi connectivity index (χ3n) is 6.76. The van der Waals surface area contributed by atoms with Gasteiger partial charge in [0.25, 0.3) is 5.91 Å². The van der Waals surface area contributed by atoms with Crippen molar-refractivity contribution >= 4 is 47.5 Å². The Balaban J connectivity index is 0.000000892. The largest absolute Gasteiger partial charge is 0.496 e. The maximum Gasteiger partial charge on any atom is 0.306 e. The summed E-state index contributed by atoms with van der Waals surface area (Å²) in [6, 6.07) is 14.3. The van der Waals surface area contributed by atoms with Crippen molar-refractivity contribution in [3.8, 4) is 5.75 Å². The van der Waals surface area contributed by atoms with E-state index in [1.165, 1.54) is 31.7 Å².